The molecule has 2 rings (SSSR count). The molecule has 1 aliphatic carbocycles. The molecule has 1 aliphatic heterocycles. The van der Waals surface area contributed by atoms with Gasteiger partial charge >= 0.3 is 0 Å². The molecule has 15 heavy (non-hydrogen) atoms. The third-order valence-corrected chi connectivity index (χ3v) is 3.74. The lowest BCUT2D eigenvalue weighted by Crippen LogP contribution is -2.42. The Hall–Kier alpha value is -0.340. The second-order valence-electron chi connectivity index (χ2n) is 5.20. The first-order chi connectivity index (χ1) is 7.23. The third-order valence-electron chi connectivity index (χ3n) is 3.74. The van der Waals surface area contributed by atoms with Crippen molar-refractivity contribution in [2.75, 3.05) is 13.2 Å². The first kappa shape index (κ1) is 11.2. The molecule has 0 aromatic carbocycles. The van der Waals surface area contributed by atoms with Crippen LogP contribution in [-0.4, -0.2) is 19.5 Å². The Bertz CT molecular complexity index is 227. The van der Waals surface area contributed by atoms with Gasteiger partial charge in [0.25, 0.3) is 0 Å². The zero-order valence-corrected chi connectivity index (χ0v) is 9.87. The molecule has 0 spiro atoms. The van der Waals surface area contributed by atoms with Crippen molar-refractivity contribution in [2.24, 2.45) is 11.3 Å². The van der Waals surface area contributed by atoms with Gasteiger partial charge in [-0.25, -0.2) is 0 Å². The summed E-state index contributed by atoms with van der Waals surface area (Å²) >= 11 is 0. The van der Waals surface area contributed by atoms with Crippen LogP contribution in [0.25, 0.3) is 0 Å². The Morgan fingerprint density at radius 1 is 1.27 bits per heavy atom. The molecule has 0 unspecified atom stereocenters. The maximum Gasteiger partial charge on any atom is 0.160 e. The predicted octanol–water partition coefficient (Wildman–Crippen LogP) is 3.13. The maximum atomic E-state index is 5.87. The van der Waals surface area contributed by atoms with Crippen molar-refractivity contribution in [3.05, 3.63) is 12.2 Å². The van der Waals surface area contributed by atoms with Crippen molar-refractivity contribution >= 4 is 0 Å². The van der Waals surface area contributed by atoms with Crippen LogP contribution in [0, 0.1) is 11.3 Å². The van der Waals surface area contributed by atoms with Gasteiger partial charge in [-0.15, -0.1) is 0 Å². The van der Waals surface area contributed by atoms with Gasteiger partial charge in [-0.3, -0.25) is 0 Å². The van der Waals surface area contributed by atoms with E-state index in [9.17, 15) is 0 Å². The van der Waals surface area contributed by atoms with E-state index in [0.717, 1.165) is 26.1 Å². The molecule has 0 aromatic heterocycles. The van der Waals surface area contributed by atoms with Crippen LogP contribution < -0.4 is 0 Å². The molecule has 0 saturated carbocycles. The summed E-state index contributed by atoms with van der Waals surface area (Å²) in [7, 11) is 0. The molecule has 1 atom stereocenters. The van der Waals surface area contributed by atoms with E-state index in [1.807, 2.05) is 0 Å². The first-order valence-electron chi connectivity index (χ1n) is 6.12. The van der Waals surface area contributed by atoms with Crippen LogP contribution in [0.2, 0.25) is 0 Å². The van der Waals surface area contributed by atoms with Gasteiger partial charge in [0, 0.05) is 11.3 Å². The minimum atomic E-state index is 0.0505. The highest BCUT2D eigenvalue weighted by Crippen LogP contribution is 2.33. The summed E-state index contributed by atoms with van der Waals surface area (Å²) in [6, 6.07) is 0. The smallest absolute Gasteiger partial charge is 0.160 e. The summed E-state index contributed by atoms with van der Waals surface area (Å²) in [5.41, 5.74) is 0.237. The lowest BCUT2D eigenvalue weighted by molar-refractivity contribution is -0.248. The minimum Gasteiger partial charge on any atom is -0.352 e. The number of hydrogen-bond donors (Lipinski definition) is 0. The van der Waals surface area contributed by atoms with Gasteiger partial charge in [-0.05, 0) is 25.7 Å². The Morgan fingerprint density at radius 2 is 2.00 bits per heavy atom. The standard InChI is InChI=1S/C13H22O2/c1-3-13(2)9-14-12(15-10-13)11-7-5-4-6-8-11/h4-5,11-12H,3,6-10H2,1-2H3/t11-,12?,13?/m1/s1. The molecule has 2 nitrogen and oxygen atoms in total. The van der Waals surface area contributed by atoms with Crippen molar-refractivity contribution < 1.29 is 9.47 Å². The number of allylic oxidation sites excluding steroid dienone is 2. The van der Waals surface area contributed by atoms with Crippen LogP contribution in [0.1, 0.15) is 39.5 Å². The SMILES string of the molecule is CCC1(C)COC([C@@H]2CC=CCC2)OC1. The molecule has 0 bridgehead atoms. The van der Waals surface area contributed by atoms with Crippen LogP contribution in [-0.2, 0) is 9.47 Å². The fraction of sp³-hybridized carbons (Fsp3) is 0.846. The predicted molar refractivity (Wildman–Crippen MR) is 60.6 cm³/mol. The first-order valence-corrected chi connectivity index (χ1v) is 6.12. The Morgan fingerprint density at radius 3 is 2.53 bits per heavy atom. The van der Waals surface area contributed by atoms with E-state index < -0.39 is 0 Å². The summed E-state index contributed by atoms with van der Waals surface area (Å²) in [6.07, 6.45) is 9.21. The van der Waals surface area contributed by atoms with E-state index in [1.165, 1.54) is 12.8 Å². The fourth-order valence-electron chi connectivity index (χ4n) is 2.20. The lowest BCUT2D eigenvalue weighted by Gasteiger charge is -2.40. The van der Waals surface area contributed by atoms with Gasteiger partial charge in [0.15, 0.2) is 6.29 Å². The number of rotatable bonds is 2. The lowest BCUT2D eigenvalue weighted by atomic mass is 9.87. The van der Waals surface area contributed by atoms with E-state index in [-0.39, 0.29) is 11.7 Å². The van der Waals surface area contributed by atoms with E-state index in [0.29, 0.717) is 5.92 Å². The molecule has 0 N–H and O–H groups in total. The van der Waals surface area contributed by atoms with Crippen molar-refractivity contribution in [1.29, 1.82) is 0 Å². The van der Waals surface area contributed by atoms with Crippen molar-refractivity contribution in [1.82, 2.24) is 0 Å². The quantitative estimate of drug-likeness (QED) is 0.652. The highest BCUT2D eigenvalue weighted by Gasteiger charge is 2.34. The molecule has 0 radical (unpaired) electrons. The second kappa shape index (κ2) is 4.67. The highest BCUT2D eigenvalue weighted by molar-refractivity contribution is 4.92. The summed E-state index contributed by atoms with van der Waals surface area (Å²) < 4.78 is 11.7. The fourth-order valence-corrected chi connectivity index (χ4v) is 2.20. The molecule has 86 valence electrons. The zero-order valence-electron chi connectivity index (χ0n) is 9.87. The Labute approximate surface area is 92.6 Å². The monoisotopic (exact) mass is 210 g/mol. The Kier molecular flexibility index (Phi) is 3.47. The second-order valence-corrected chi connectivity index (χ2v) is 5.20. The molecular weight excluding hydrogens is 188 g/mol. The largest absolute Gasteiger partial charge is 0.352 e. The molecule has 1 heterocycles. The van der Waals surface area contributed by atoms with Gasteiger partial charge in [0.2, 0.25) is 0 Å². The molecule has 1 fully saturated rings. The highest BCUT2D eigenvalue weighted by atomic mass is 16.7. The van der Waals surface area contributed by atoms with Crippen molar-refractivity contribution in [3.63, 3.8) is 0 Å². The van der Waals surface area contributed by atoms with E-state index in [1.54, 1.807) is 0 Å². The van der Waals surface area contributed by atoms with Gasteiger partial charge in [0.1, 0.15) is 0 Å². The summed E-state index contributed by atoms with van der Waals surface area (Å²) in [5, 5.41) is 0. The average molecular weight is 210 g/mol. The molecule has 0 aromatic rings. The average Bonchev–Trinajstić information content (AvgIpc) is 2.31. The number of hydrogen-bond acceptors (Lipinski definition) is 2. The molecule has 0 amide bonds. The summed E-state index contributed by atoms with van der Waals surface area (Å²) in [5.74, 6) is 0.580. The summed E-state index contributed by atoms with van der Waals surface area (Å²) in [4.78, 5) is 0. The van der Waals surface area contributed by atoms with E-state index in [4.69, 9.17) is 9.47 Å². The van der Waals surface area contributed by atoms with Crippen molar-refractivity contribution in [2.45, 2.75) is 45.8 Å². The number of ether oxygens (including phenoxy) is 2. The molecular formula is C13H22O2. The molecule has 2 heteroatoms. The topological polar surface area (TPSA) is 18.5 Å². The summed E-state index contributed by atoms with van der Waals surface area (Å²) in [6.45, 7) is 6.16. The van der Waals surface area contributed by atoms with Gasteiger partial charge < -0.3 is 9.47 Å². The van der Waals surface area contributed by atoms with E-state index >= 15 is 0 Å². The van der Waals surface area contributed by atoms with Crippen molar-refractivity contribution in [3.8, 4) is 0 Å². The van der Waals surface area contributed by atoms with Crippen LogP contribution >= 0.6 is 0 Å². The normalized spacial score (nSPS) is 41.7. The van der Waals surface area contributed by atoms with Gasteiger partial charge in [-0.1, -0.05) is 26.0 Å². The van der Waals surface area contributed by atoms with Crippen LogP contribution in [0.5, 0.6) is 0 Å². The Balaban J connectivity index is 1.85. The van der Waals surface area contributed by atoms with E-state index in [2.05, 4.69) is 26.0 Å². The van der Waals surface area contributed by atoms with Crippen LogP contribution in [0.4, 0.5) is 0 Å². The maximum absolute atomic E-state index is 5.87. The molecule has 2 aliphatic rings. The molecule has 1 saturated heterocycles. The minimum absolute atomic E-state index is 0.0505. The van der Waals surface area contributed by atoms with Gasteiger partial charge in [0.05, 0.1) is 13.2 Å². The zero-order chi connectivity index (χ0) is 10.7. The van der Waals surface area contributed by atoms with Crippen LogP contribution in [0.15, 0.2) is 12.2 Å². The van der Waals surface area contributed by atoms with Crippen LogP contribution in [0.3, 0.4) is 0 Å². The van der Waals surface area contributed by atoms with Gasteiger partial charge in [-0.2, -0.15) is 0 Å². The third kappa shape index (κ3) is 2.61.